The normalized spacial score (nSPS) is 21.8. The highest BCUT2D eigenvalue weighted by atomic mass is 16.6. The summed E-state index contributed by atoms with van der Waals surface area (Å²) >= 11 is 0. The van der Waals surface area contributed by atoms with Crippen LogP contribution in [0.3, 0.4) is 0 Å². The summed E-state index contributed by atoms with van der Waals surface area (Å²) in [7, 11) is 2.12. The number of likely N-dealkylation sites (N-methyl/N-ethyl adjacent to an activating group) is 1. The first-order valence-electron chi connectivity index (χ1n) is 7.78. The van der Waals surface area contributed by atoms with Crippen molar-refractivity contribution in [3.63, 3.8) is 0 Å². The van der Waals surface area contributed by atoms with Crippen molar-refractivity contribution in [1.29, 1.82) is 0 Å². The van der Waals surface area contributed by atoms with Gasteiger partial charge in [0.05, 0.1) is 4.92 Å². The monoisotopic (exact) mass is 312 g/mol. The molecule has 0 radical (unpaired) electrons. The second-order valence-corrected chi connectivity index (χ2v) is 5.98. The van der Waals surface area contributed by atoms with Crippen LogP contribution in [0.15, 0.2) is 54.6 Å². The number of hydrogen-bond donors (Lipinski definition) is 0. The van der Waals surface area contributed by atoms with Gasteiger partial charge in [0.25, 0.3) is 5.69 Å². The van der Waals surface area contributed by atoms with Gasteiger partial charge in [-0.25, -0.2) is 0 Å². The molecule has 1 saturated heterocycles. The van der Waals surface area contributed by atoms with E-state index in [1.807, 2.05) is 18.2 Å². The van der Waals surface area contributed by atoms with Gasteiger partial charge in [0.15, 0.2) is 0 Å². The number of piperidine rings is 1. The predicted octanol–water partition coefficient (Wildman–Crippen LogP) is 3.46. The van der Waals surface area contributed by atoms with Gasteiger partial charge < -0.3 is 9.64 Å². The van der Waals surface area contributed by atoms with Gasteiger partial charge in [-0.3, -0.25) is 10.1 Å². The second kappa shape index (κ2) is 6.79. The van der Waals surface area contributed by atoms with Crippen LogP contribution in [-0.2, 0) is 0 Å². The Morgan fingerprint density at radius 3 is 2.48 bits per heavy atom. The Morgan fingerprint density at radius 1 is 1.13 bits per heavy atom. The Labute approximate surface area is 135 Å². The van der Waals surface area contributed by atoms with E-state index < -0.39 is 4.92 Å². The van der Waals surface area contributed by atoms with Crippen molar-refractivity contribution in [3.05, 3.63) is 70.3 Å². The van der Waals surface area contributed by atoms with Gasteiger partial charge in [-0.05, 0) is 31.2 Å². The maximum absolute atomic E-state index is 10.7. The van der Waals surface area contributed by atoms with Crippen molar-refractivity contribution >= 4 is 5.69 Å². The number of rotatable bonds is 4. The van der Waals surface area contributed by atoms with Crippen LogP contribution >= 0.6 is 0 Å². The van der Waals surface area contributed by atoms with Crippen molar-refractivity contribution in [3.8, 4) is 5.75 Å². The second-order valence-electron chi connectivity index (χ2n) is 5.98. The quantitative estimate of drug-likeness (QED) is 0.641. The molecule has 23 heavy (non-hydrogen) atoms. The molecule has 2 atom stereocenters. The molecule has 120 valence electrons. The Kier molecular flexibility index (Phi) is 4.57. The van der Waals surface area contributed by atoms with E-state index in [0.29, 0.717) is 11.7 Å². The predicted molar refractivity (Wildman–Crippen MR) is 88.8 cm³/mol. The molecule has 2 aromatic rings. The minimum absolute atomic E-state index is 0.0788. The summed E-state index contributed by atoms with van der Waals surface area (Å²) in [5.74, 6) is 0.983. The Balaban J connectivity index is 1.77. The van der Waals surface area contributed by atoms with Crippen LogP contribution in [0.2, 0.25) is 0 Å². The van der Waals surface area contributed by atoms with E-state index in [2.05, 4.69) is 24.1 Å². The number of nitrogens with zero attached hydrogens (tertiary/aromatic N) is 2. The van der Waals surface area contributed by atoms with Gasteiger partial charge in [0.1, 0.15) is 11.9 Å². The lowest BCUT2D eigenvalue weighted by Gasteiger charge is -2.37. The summed E-state index contributed by atoms with van der Waals surface area (Å²) in [6.45, 7) is 1.93. The summed E-state index contributed by atoms with van der Waals surface area (Å²) < 4.78 is 6.16. The minimum atomic E-state index is -0.397. The molecule has 1 aliphatic heterocycles. The number of nitro groups is 1. The molecule has 3 rings (SSSR count). The van der Waals surface area contributed by atoms with Crippen LogP contribution in [0.4, 0.5) is 5.69 Å². The zero-order chi connectivity index (χ0) is 16.2. The first-order valence-corrected chi connectivity index (χ1v) is 7.78. The molecule has 0 aromatic heterocycles. The van der Waals surface area contributed by atoms with Crippen molar-refractivity contribution in [2.24, 2.45) is 0 Å². The summed E-state index contributed by atoms with van der Waals surface area (Å²) in [6, 6.07) is 16.7. The summed E-state index contributed by atoms with van der Waals surface area (Å²) in [6.07, 6.45) is 1.02. The number of nitro benzene ring substituents is 1. The van der Waals surface area contributed by atoms with Crippen molar-refractivity contribution < 1.29 is 9.66 Å². The molecule has 5 nitrogen and oxygen atoms in total. The zero-order valence-corrected chi connectivity index (χ0v) is 13.1. The highest BCUT2D eigenvalue weighted by Crippen LogP contribution is 2.30. The molecule has 0 aliphatic carbocycles. The standard InChI is InChI=1S/C18H20N2O3/c1-19-12-11-18(17(13-19)14-5-3-2-4-6-14)23-16-9-7-15(8-10-16)20(21)22/h2-10,17-18H,11-13H2,1H3/t17-,18+/m0/s1. The van der Waals surface area contributed by atoms with Crippen LogP contribution in [0.25, 0.3) is 0 Å². The Bertz CT molecular complexity index is 658. The minimum Gasteiger partial charge on any atom is -0.490 e. The van der Waals surface area contributed by atoms with Gasteiger partial charge in [0.2, 0.25) is 0 Å². The van der Waals surface area contributed by atoms with E-state index in [1.54, 1.807) is 12.1 Å². The first kappa shape index (κ1) is 15.5. The van der Waals surface area contributed by atoms with E-state index in [1.165, 1.54) is 17.7 Å². The molecule has 0 bridgehead atoms. The first-order chi connectivity index (χ1) is 11.1. The molecule has 1 heterocycles. The van der Waals surface area contributed by atoms with Crippen LogP contribution < -0.4 is 4.74 Å². The third-order valence-corrected chi connectivity index (χ3v) is 4.32. The van der Waals surface area contributed by atoms with Crippen molar-refractivity contribution in [1.82, 2.24) is 4.90 Å². The summed E-state index contributed by atoms with van der Waals surface area (Å²) in [5, 5.41) is 10.7. The van der Waals surface area contributed by atoms with E-state index in [9.17, 15) is 10.1 Å². The summed E-state index contributed by atoms with van der Waals surface area (Å²) in [4.78, 5) is 12.7. The number of benzene rings is 2. The van der Waals surface area contributed by atoms with Gasteiger partial charge in [-0.1, -0.05) is 30.3 Å². The van der Waals surface area contributed by atoms with Gasteiger partial charge >= 0.3 is 0 Å². The molecule has 2 aromatic carbocycles. The smallest absolute Gasteiger partial charge is 0.269 e. The Hall–Kier alpha value is -2.40. The van der Waals surface area contributed by atoms with Crippen molar-refractivity contribution in [2.75, 3.05) is 20.1 Å². The van der Waals surface area contributed by atoms with Gasteiger partial charge in [0, 0.05) is 31.1 Å². The SMILES string of the molecule is CN1CC[C@@H](Oc2ccc([N+](=O)[O-])cc2)[C@H](c2ccccc2)C1. The fraction of sp³-hybridized carbons (Fsp3) is 0.333. The molecular formula is C18H20N2O3. The van der Waals surface area contributed by atoms with Gasteiger partial charge in [-0.2, -0.15) is 0 Å². The molecule has 1 fully saturated rings. The van der Waals surface area contributed by atoms with Crippen LogP contribution in [0, 0.1) is 10.1 Å². The van der Waals surface area contributed by atoms with Crippen LogP contribution in [0.5, 0.6) is 5.75 Å². The fourth-order valence-corrected chi connectivity index (χ4v) is 3.08. The fourth-order valence-electron chi connectivity index (χ4n) is 3.08. The number of hydrogen-bond acceptors (Lipinski definition) is 4. The number of non-ortho nitro benzene ring substituents is 1. The number of likely N-dealkylation sites (tertiary alicyclic amines) is 1. The third kappa shape index (κ3) is 3.68. The van der Waals surface area contributed by atoms with E-state index >= 15 is 0 Å². The molecule has 0 N–H and O–H groups in total. The number of ether oxygens (including phenoxy) is 1. The third-order valence-electron chi connectivity index (χ3n) is 4.32. The van der Waals surface area contributed by atoms with E-state index in [-0.39, 0.29) is 11.8 Å². The molecular weight excluding hydrogens is 292 g/mol. The molecule has 0 unspecified atom stereocenters. The molecule has 0 spiro atoms. The van der Waals surface area contributed by atoms with Crippen LogP contribution in [-0.4, -0.2) is 36.1 Å². The topological polar surface area (TPSA) is 55.6 Å². The maximum Gasteiger partial charge on any atom is 0.269 e. The molecule has 5 heteroatoms. The average molecular weight is 312 g/mol. The van der Waals surface area contributed by atoms with E-state index in [4.69, 9.17) is 4.74 Å². The van der Waals surface area contributed by atoms with Crippen LogP contribution in [0.1, 0.15) is 17.9 Å². The molecule has 0 amide bonds. The summed E-state index contributed by atoms with van der Waals surface area (Å²) in [5.41, 5.74) is 1.35. The highest BCUT2D eigenvalue weighted by molar-refractivity contribution is 5.36. The lowest BCUT2D eigenvalue weighted by atomic mass is 9.88. The lowest BCUT2D eigenvalue weighted by molar-refractivity contribution is -0.384. The average Bonchev–Trinajstić information content (AvgIpc) is 2.58. The lowest BCUT2D eigenvalue weighted by Crippen LogP contribution is -2.42. The largest absolute Gasteiger partial charge is 0.490 e. The van der Waals surface area contributed by atoms with Crippen molar-refractivity contribution in [2.45, 2.75) is 18.4 Å². The van der Waals surface area contributed by atoms with E-state index in [0.717, 1.165) is 19.5 Å². The van der Waals surface area contributed by atoms with Gasteiger partial charge in [-0.15, -0.1) is 0 Å². The highest BCUT2D eigenvalue weighted by Gasteiger charge is 2.30. The maximum atomic E-state index is 10.7. The molecule has 1 aliphatic rings. The zero-order valence-electron chi connectivity index (χ0n) is 13.1. The molecule has 0 saturated carbocycles. The Morgan fingerprint density at radius 2 is 1.83 bits per heavy atom.